The molecule has 21 heavy (non-hydrogen) atoms. The zero-order chi connectivity index (χ0) is 15.4. The van der Waals surface area contributed by atoms with Gasteiger partial charge in [-0.05, 0) is 0 Å². The van der Waals surface area contributed by atoms with E-state index < -0.39 is 23.1 Å². The zero-order valence-corrected chi connectivity index (χ0v) is 11.6. The number of halogens is 2. The van der Waals surface area contributed by atoms with Crippen molar-refractivity contribution in [2.45, 2.75) is 19.9 Å². The van der Waals surface area contributed by atoms with Crippen LogP contribution >= 0.6 is 0 Å². The molecule has 0 aliphatic heterocycles. The molecule has 0 fully saturated rings. The number of aromatic nitrogens is 1. The van der Waals surface area contributed by atoms with Gasteiger partial charge < -0.3 is 14.5 Å². The fourth-order valence-electron chi connectivity index (χ4n) is 1.74. The lowest BCUT2D eigenvalue weighted by Crippen LogP contribution is -2.25. The molecule has 2 aromatic rings. The summed E-state index contributed by atoms with van der Waals surface area (Å²) in [7, 11) is 1.28. The van der Waals surface area contributed by atoms with Crippen molar-refractivity contribution in [2.24, 2.45) is 0 Å². The van der Waals surface area contributed by atoms with Crippen molar-refractivity contribution in [3.05, 3.63) is 47.2 Å². The summed E-state index contributed by atoms with van der Waals surface area (Å²) < 4.78 is 37.3. The number of carbonyl (C=O) groups excluding carboxylic acids is 1. The topological polar surface area (TPSA) is 64.4 Å². The lowest BCUT2D eigenvalue weighted by molar-refractivity contribution is 0.0942. The van der Waals surface area contributed by atoms with Crippen LogP contribution in [0.5, 0.6) is 5.75 Å². The van der Waals surface area contributed by atoms with Crippen molar-refractivity contribution in [2.75, 3.05) is 7.11 Å². The molecule has 0 saturated carbocycles. The molecule has 0 unspecified atom stereocenters. The van der Waals surface area contributed by atoms with Gasteiger partial charge in [0.05, 0.1) is 19.3 Å². The van der Waals surface area contributed by atoms with Crippen LogP contribution in [0.25, 0.3) is 0 Å². The number of hydrogen-bond donors (Lipinski definition) is 1. The molecule has 0 aliphatic rings. The van der Waals surface area contributed by atoms with Gasteiger partial charge in [0.25, 0.3) is 5.91 Å². The van der Waals surface area contributed by atoms with Crippen LogP contribution in [-0.2, 0) is 13.0 Å². The van der Waals surface area contributed by atoms with E-state index in [0.717, 1.165) is 12.1 Å². The summed E-state index contributed by atoms with van der Waals surface area (Å²) in [6.45, 7) is 1.89. The smallest absolute Gasteiger partial charge is 0.257 e. The Balaban J connectivity index is 2.10. The van der Waals surface area contributed by atoms with Crippen LogP contribution in [-0.4, -0.2) is 18.0 Å². The van der Waals surface area contributed by atoms with Crippen molar-refractivity contribution in [3.8, 4) is 5.75 Å². The van der Waals surface area contributed by atoms with E-state index in [9.17, 15) is 13.6 Å². The van der Waals surface area contributed by atoms with Gasteiger partial charge in [0.15, 0.2) is 5.89 Å². The average Bonchev–Trinajstić information content (AvgIpc) is 2.92. The quantitative estimate of drug-likeness (QED) is 0.920. The molecule has 1 amide bonds. The fourth-order valence-corrected chi connectivity index (χ4v) is 1.74. The van der Waals surface area contributed by atoms with Crippen LogP contribution in [0.1, 0.15) is 28.9 Å². The number of hydrogen-bond acceptors (Lipinski definition) is 4. The zero-order valence-electron chi connectivity index (χ0n) is 11.6. The van der Waals surface area contributed by atoms with Gasteiger partial charge in [0.1, 0.15) is 29.2 Å². The van der Waals surface area contributed by atoms with E-state index in [1.165, 1.54) is 13.4 Å². The Labute approximate surface area is 119 Å². The van der Waals surface area contributed by atoms with E-state index in [2.05, 4.69) is 10.3 Å². The van der Waals surface area contributed by atoms with Crippen molar-refractivity contribution >= 4 is 5.91 Å². The second-order valence-corrected chi connectivity index (χ2v) is 4.23. The number of rotatable bonds is 5. The maximum atomic E-state index is 13.7. The van der Waals surface area contributed by atoms with Gasteiger partial charge in [-0.2, -0.15) is 0 Å². The van der Waals surface area contributed by atoms with E-state index in [1.54, 1.807) is 0 Å². The predicted octanol–water partition coefficient (Wildman–Crippen LogP) is 2.45. The van der Waals surface area contributed by atoms with Crippen molar-refractivity contribution in [3.63, 3.8) is 0 Å². The number of methoxy groups -OCH3 is 1. The molecule has 0 saturated heterocycles. The van der Waals surface area contributed by atoms with Crippen molar-refractivity contribution in [1.82, 2.24) is 10.3 Å². The number of amides is 1. The monoisotopic (exact) mass is 296 g/mol. The predicted molar refractivity (Wildman–Crippen MR) is 70.0 cm³/mol. The highest BCUT2D eigenvalue weighted by molar-refractivity contribution is 5.94. The van der Waals surface area contributed by atoms with Crippen molar-refractivity contribution in [1.29, 1.82) is 0 Å². The maximum Gasteiger partial charge on any atom is 0.257 e. The van der Waals surface area contributed by atoms with Gasteiger partial charge in [-0.1, -0.05) is 6.92 Å². The molecule has 1 aromatic carbocycles. The number of nitrogens with zero attached hydrogens (tertiary/aromatic N) is 1. The fraction of sp³-hybridized carbons (Fsp3) is 0.286. The molecule has 7 heteroatoms. The van der Waals surface area contributed by atoms with Crippen LogP contribution in [0.2, 0.25) is 0 Å². The van der Waals surface area contributed by atoms with Gasteiger partial charge in [-0.25, -0.2) is 13.8 Å². The molecular weight excluding hydrogens is 282 g/mol. The minimum Gasteiger partial charge on any atom is -0.497 e. The molecule has 1 aromatic heterocycles. The first-order valence-corrected chi connectivity index (χ1v) is 6.29. The second kappa shape index (κ2) is 6.34. The average molecular weight is 296 g/mol. The molecule has 0 aliphatic carbocycles. The summed E-state index contributed by atoms with van der Waals surface area (Å²) in [6.07, 6.45) is 2.01. The van der Waals surface area contributed by atoms with Gasteiger partial charge >= 0.3 is 0 Å². The normalized spacial score (nSPS) is 10.5. The third-order valence-electron chi connectivity index (χ3n) is 2.81. The summed E-state index contributed by atoms with van der Waals surface area (Å²) >= 11 is 0. The second-order valence-electron chi connectivity index (χ2n) is 4.23. The first-order valence-electron chi connectivity index (χ1n) is 6.29. The highest BCUT2D eigenvalue weighted by atomic mass is 19.1. The largest absolute Gasteiger partial charge is 0.497 e. The van der Waals surface area contributed by atoms with Crippen LogP contribution in [0.15, 0.2) is 22.8 Å². The number of oxazole rings is 1. The summed E-state index contributed by atoms with van der Waals surface area (Å²) in [5.74, 6) is -2.31. The van der Waals surface area contributed by atoms with E-state index >= 15 is 0 Å². The van der Waals surface area contributed by atoms with Gasteiger partial charge in [0, 0.05) is 18.6 Å². The van der Waals surface area contributed by atoms with E-state index in [0.29, 0.717) is 18.0 Å². The molecule has 5 nitrogen and oxygen atoms in total. The van der Waals surface area contributed by atoms with Crippen LogP contribution < -0.4 is 10.1 Å². The summed E-state index contributed by atoms with van der Waals surface area (Å²) in [5, 5.41) is 2.39. The molecule has 0 atom stereocenters. The molecular formula is C14H14F2N2O3. The number of aryl methyl sites for hydroxylation is 1. The van der Waals surface area contributed by atoms with Crippen LogP contribution in [0, 0.1) is 11.6 Å². The van der Waals surface area contributed by atoms with E-state index in [-0.39, 0.29) is 12.3 Å². The molecule has 1 N–H and O–H groups in total. The number of carbonyl (C=O) groups is 1. The number of ether oxygens (including phenoxy) is 1. The summed E-state index contributed by atoms with van der Waals surface area (Å²) in [5.41, 5.74) is -0.176. The molecule has 0 bridgehead atoms. The van der Waals surface area contributed by atoms with E-state index in [1.807, 2.05) is 6.92 Å². The third-order valence-corrected chi connectivity index (χ3v) is 2.81. The molecule has 0 spiro atoms. The Morgan fingerprint density at radius 3 is 2.57 bits per heavy atom. The maximum absolute atomic E-state index is 13.7. The minimum atomic E-state index is -0.987. The third kappa shape index (κ3) is 3.36. The van der Waals surface area contributed by atoms with Gasteiger partial charge in [0.2, 0.25) is 0 Å². The summed E-state index contributed by atoms with van der Waals surface area (Å²) in [4.78, 5) is 15.9. The Kier molecular flexibility index (Phi) is 4.52. The Morgan fingerprint density at radius 2 is 2.05 bits per heavy atom. The number of benzene rings is 1. The molecule has 1 heterocycles. The standard InChI is InChI=1S/C14H14F2N2O3/c1-3-12-18-8(7-21-12)6-17-14(19)13-10(15)4-9(20-2)5-11(13)16/h4-5,7H,3,6H2,1-2H3,(H,17,19). The number of nitrogens with one attached hydrogen (secondary N) is 1. The first kappa shape index (κ1) is 15.0. The van der Waals surface area contributed by atoms with Crippen molar-refractivity contribution < 1.29 is 22.7 Å². The SMILES string of the molecule is CCc1nc(CNC(=O)c2c(F)cc(OC)cc2F)co1. The Hall–Kier alpha value is -2.44. The first-order chi connectivity index (χ1) is 10.0. The Morgan fingerprint density at radius 1 is 1.38 bits per heavy atom. The molecule has 0 radical (unpaired) electrons. The van der Waals surface area contributed by atoms with Gasteiger partial charge in [-0.15, -0.1) is 0 Å². The van der Waals surface area contributed by atoms with Crippen LogP contribution in [0.3, 0.4) is 0 Å². The Bertz CT molecular complexity index is 632. The van der Waals surface area contributed by atoms with E-state index in [4.69, 9.17) is 9.15 Å². The van der Waals surface area contributed by atoms with Gasteiger partial charge in [-0.3, -0.25) is 4.79 Å². The summed E-state index contributed by atoms with van der Waals surface area (Å²) in [6, 6.07) is 1.90. The molecule has 112 valence electrons. The highest BCUT2D eigenvalue weighted by Crippen LogP contribution is 2.20. The minimum absolute atomic E-state index is 0.00522. The lowest BCUT2D eigenvalue weighted by Gasteiger charge is -2.07. The van der Waals surface area contributed by atoms with Crippen LogP contribution in [0.4, 0.5) is 8.78 Å². The lowest BCUT2D eigenvalue weighted by atomic mass is 10.1. The molecule has 2 rings (SSSR count). The highest BCUT2D eigenvalue weighted by Gasteiger charge is 2.19.